The Kier molecular flexibility index (Phi) is 10.2. The first-order valence-electron chi connectivity index (χ1n) is 6.81. The van der Waals surface area contributed by atoms with Gasteiger partial charge in [0.05, 0.1) is 6.54 Å². The quantitative estimate of drug-likeness (QED) is 0.569. The van der Waals surface area contributed by atoms with Gasteiger partial charge in [-0.05, 0) is 45.8 Å². The third kappa shape index (κ3) is 9.12. The zero-order chi connectivity index (χ0) is 13.1. The van der Waals surface area contributed by atoms with E-state index in [-0.39, 0.29) is 5.91 Å². The summed E-state index contributed by atoms with van der Waals surface area (Å²) in [4.78, 5) is 13.8. The molecule has 0 saturated heterocycles. The molecule has 0 aromatic rings. The molecule has 0 aliphatic heterocycles. The molecular formula is C13H29N3O. The van der Waals surface area contributed by atoms with Gasteiger partial charge in [0.1, 0.15) is 0 Å². The number of nitrogens with two attached hydrogens (primary N) is 1. The minimum atomic E-state index is 0.139. The van der Waals surface area contributed by atoms with Crippen molar-refractivity contribution in [1.82, 2.24) is 10.2 Å². The molecule has 4 nitrogen and oxygen atoms in total. The van der Waals surface area contributed by atoms with Crippen LogP contribution in [0, 0.1) is 0 Å². The molecule has 0 aromatic carbocycles. The number of carbonyl (C=O) groups excluding carboxylic acids is 1. The van der Waals surface area contributed by atoms with Crippen molar-refractivity contribution in [3.8, 4) is 0 Å². The number of amides is 1. The van der Waals surface area contributed by atoms with Gasteiger partial charge < -0.3 is 11.1 Å². The molecule has 3 N–H and O–H groups in total. The maximum atomic E-state index is 11.7. The predicted molar refractivity (Wildman–Crippen MR) is 72.9 cm³/mol. The van der Waals surface area contributed by atoms with Gasteiger partial charge in [0, 0.05) is 6.04 Å². The van der Waals surface area contributed by atoms with E-state index in [0.717, 1.165) is 45.2 Å². The lowest BCUT2D eigenvalue weighted by atomic mass is 10.2. The Morgan fingerprint density at radius 3 is 2.41 bits per heavy atom. The Labute approximate surface area is 106 Å². The maximum absolute atomic E-state index is 11.7. The van der Waals surface area contributed by atoms with Crippen LogP contribution in [0.1, 0.15) is 46.0 Å². The van der Waals surface area contributed by atoms with E-state index in [9.17, 15) is 4.79 Å². The monoisotopic (exact) mass is 243 g/mol. The van der Waals surface area contributed by atoms with Crippen LogP contribution in [0.2, 0.25) is 0 Å². The molecular weight excluding hydrogens is 214 g/mol. The second-order valence-electron chi connectivity index (χ2n) is 4.67. The summed E-state index contributed by atoms with van der Waals surface area (Å²) in [6.07, 6.45) is 5.35. The van der Waals surface area contributed by atoms with Gasteiger partial charge in [-0.1, -0.05) is 20.3 Å². The Hall–Kier alpha value is -0.610. The van der Waals surface area contributed by atoms with Gasteiger partial charge in [0.25, 0.3) is 0 Å². The van der Waals surface area contributed by atoms with E-state index < -0.39 is 0 Å². The molecule has 0 atom stereocenters. The predicted octanol–water partition coefficient (Wildman–Crippen LogP) is 1.35. The highest BCUT2D eigenvalue weighted by Gasteiger charge is 2.10. The zero-order valence-corrected chi connectivity index (χ0v) is 11.7. The van der Waals surface area contributed by atoms with Gasteiger partial charge in [-0.15, -0.1) is 0 Å². The van der Waals surface area contributed by atoms with Crippen LogP contribution in [0.5, 0.6) is 0 Å². The second-order valence-corrected chi connectivity index (χ2v) is 4.67. The van der Waals surface area contributed by atoms with Gasteiger partial charge in [0.15, 0.2) is 0 Å². The molecule has 0 aromatic heterocycles. The Balaban J connectivity index is 3.64. The van der Waals surface area contributed by atoms with Gasteiger partial charge >= 0.3 is 0 Å². The number of hydrogen-bond donors (Lipinski definition) is 2. The largest absolute Gasteiger partial charge is 0.352 e. The molecule has 0 aliphatic carbocycles. The lowest BCUT2D eigenvalue weighted by molar-refractivity contribution is -0.122. The zero-order valence-electron chi connectivity index (χ0n) is 11.7. The molecule has 0 radical (unpaired) electrons. The fourth-order valence-electron chi connectivity index (χ4n) is 1.79. The van der Waals surface area contributed by atoms with E-state index in [1.54, 1.807) is 0 Å². The first kappa shape index (κ1) is 16.4. The number of nitrogens with zero attached hydrogens (tertiary/aromatic N) is 1. The summed E-state index contributed by atoms with van der Waals surface area (Å²) < 4.78 is 0. The Morgan fingerprint density at radius 1 is 1.24 bits per heavy atom. The second kappa shape index (κ2) is 10.5. The van der Waals surface area contributed by atoms with Crippen molar-refractivity contribution < 1.29 is 4.79 Å². The van der Waals surface area contributed by atoms with Crippen molar-refractivity contribution in [2.24, 2.45) is 5.73 Å². The molecule has 0 unspecified atom stereocenters. The van der Waals surface area contributed by atoms with Crippen molar-refractivity contribution in [3.05, 3.63) is 0 Å². The van der Waals surface area contributed by atoms with Gasteiger partial charge in [0.2, 0.25) is 5.91 Å². The van der Waals surface area contributed by atoms with E-state index in [2.05, 4.69) is 24.1 Å². The van der Waals surface area contributed by atoms with Crippen LogP contribution in [-0.4, -0.2) is 43.5 Å². The van der Waals surface area contributed by atoms with Crippen LogP contribution in [0.25, 0.3) is 0 Å². The maximum Gasteiger partial charge on any atom is 0.234 e. The summed E-state index contributed by atoms with van der Waals surface area (Å²) in [5, 5.41) is 3.05. The number of rotatable bonds is 10. The fourth-order valence-corrected chi connectivity index (χ4v) is 1.79. The van der Waals surface area contributed by atoms with Crippen molar-refractivity contribution in [1.29, 1.82) is 0 Å². The van der Waals surface area contributed by atoms with Crippen LogP contribution in [0.4, 0.5) is 0 Å². The van der Waals surface area contributed by atoms with Crippen LogP contribution >= 0.6 is 0 Å². The molecule has 17 heavy (non-hydrogen) atoms. The molecule has 0 aliphatic rings. The topological polar surface area (TPSA) is 58.4 Å². The minimum Gasteiger partial charge on any atom is -0.352 e. The number of likely N-dealkylation sites (N-methyl/N-ethyl adjacent to an activating group) is 1. The highest BCUT2D eigenvalue weighted by molar-refractivity contribution is 5.78. The summed E-state index contributed by atoms with van der Waals surface area (Å²) >= 11 is 0. The van der Waals surface area contributed by atoms with Crippen molar-refractivity contribution >= 4 is 5.91 Å². The van der Waals surface area contributed by atoms with E-state index in [1.165, 1.54) is 0 Å². The van der Waals surface area contributed by atoms with Crippen LogP contribution < -0.4 is 11.1 Å². The third-order valence-electron chi connectivity index (χ3n) is 3.01. The molecule has 0 rings (SSSR count). The highest BCUT2D eigenvalue weighted by Crippen LogP contribution is 1.98. The first-order valence-corrected chi connectivity index (χ1v) is 6.81. The van der Waals surface area contributed by atoms with Gasteiger partial charge in [-0.2, -0.15) is 0 Å². The molecule has 0 fully saturated rings. The summed E-state index contributed by atoms with van der Waals surface area (Å²) in [6.45, 7) is 6.43. The summed E-state index contributed by atoms with van der Waals surface area (Å²) in [6, 6.07) is 0.327. The number of carbonyl (C=O) groups is 1. The summed E-state index contributed by atoms with van der Waals surface area (Å²) in [7, 11) is 1.99. The molecule has 102 valence electrons. The standard InChI is InChI=1S/C13H29N3O/c1-4-12(5-2)15-13(17)11-16(3)10-8-6-7-9-14/h12H,4-11,14H2,1-3H3,(H,15,17). The van der Waals surface area contributed by atoms with Crippen molar-refractivity contribution in [2.75, 3.05) is 26.7 Å². The van der Waals surface area contributed by atoms with Gasteiger partial charge in [-0.25, -0.2) is 0 Å². The smallest absolute Gasteiger partial charge is 0.234 e. The van der Waals surface area contributed by atoms with E-state index in [4.69, 9.17) is 5.73 Å². The normalized spacial score (nSPS) is 11.2. The molecule has 0 spiro atoms. The SMILES string of the molecule is CCC(CC)NC(=O)CN(C)CCCCCN. The molecule has 1 amide bonds. The van der Waals surface area contributed by atoms with E-state index in [0.29, 0.717) is 12.6 Å². The first-order chi connectivity index (χ1) is 8.13. The summed E-state index contributed by atoms with van der Waals surface area (Å²) in [5.74, 6) is 0.139. The molecule has 0 bridgehead atoms. The van der Waals surface area contributed by atoms with E-state index >= 15 is 0 Å². The van der Waals surface area contributed by atoms with Crippen LogP contribution in [0.3, 0.4) is 0 Å². The number of nitrogens with one attached hydrogen (secondary N) is 1. The lowest BCUT2D eigenvalue weighted by Crippen LogP contribution is -2.40. The van der Waals surface area contributed by atoms with Gasteiger partial charge in [-0.3, -0.25) is 9.69 Å². The van der Waals surface area contributed by atoms with Crippen LogP contribution in [0.15, 0.2) is 0 Å². The van der Waals surface area contributed by atoms with Crippen LogP contribution in [-0.2, 0) is 4.79 Å². The third-order valence-corrected chi connectivity index (χ3v) is 3.01. The average Bonchev–Trinajstić information content (AvgIpc) is 2.31. The highest BCUT2D eigenvalue weighted by atomic mass is 16.2. The van der Waals surface area contributed by atoms with E-state index in [1.807, 2.05) is 7.05 Å². The molecule has 0 saturated carbocycles. The molecule has 0 heterocycles. The average molecular weight is 243 g/mol. The Bertz CT molecular complexity index is 193. The number of unbranched alkanes of at least 4 members (excludes halogenated alkanes) is 2. The van der Waals surface area contributed by atoms with Crippen molar-refractivity contribution in [2.45, 2.75) is 52.0 Å². The Morgan fingerprint density at radius 2 is 1.88 bits per heavy atom. The fraction of sp³-hybridized carbons (Fsp3) is 0.923. The lowest BCUT2D eigenvalue weighted by Gasteiger charge is -2.19. The minimum absolute atomic E-state index is 0.139. The molecule has 4 heteroatoms. The number of hydrogen-bond acceptors (Lipinski definition) is 3. The summed E-state index contributed by atoms with van der Waals surface area (Å²) in [5.41, 5.74) is 5.43. The van der Waals surface area contributed by atoms with Crippen molar-refractivity contribution in [3.63, 3.8) is 0 Å².